The summed E-state index contributed by atoms with van der Waals surface area (Å²) in [5.74, 6) is -0.881. The third-order valence-electron chi connectivity index (χ3n) is 2.13. The third kappa shape index (κ3) is 1.70. The first-order valence-corrected chi connectivity index (χ1v) is 3.52. The first-order chi connectivity index (χ1) is 4.53. The molecule has 1 aliphatic rings. The van der Waals surface area contributed by atoms with E-state index in [2.05, 4.69) is 6.92 Å². The number of carbonyl (C=O) groups is 1. The van der Waals surface area contributed by atoms with Gasteiger partial charge in [0, 0.05) is 0 Å². The molecule has 3 N–H and O–H groups in total. The molecule has 0 amide bonds. The van der Waals surface area contributed by atoms with Crippen LogP contribution in [0, 0.1) is 5.41 Å². The molecular formula is C7H13NO2. The van der Waals surface area contributed by atoms with Gasteiger partial charge in [-0.1, -0.05) is 6.92 Å². The second-order valence-electron chi connectivity index (χ2n) is 3.46. The average Bonchev–Trinajstić information content (AvgIpc) is 2.47. The summed E-state index contributed by atoms with van der Waals surface area (Å²) in [6, 6.07) is -0.660. The molecule has 1 fully saturated rings. The highest BCUT2D eigenvalue weighted by Gasteiger charge is 2.39. The van der Waals surface area contributed by atoms with Crippen LogP contribution in [-0.4, -0.2) is 17.1 Å². The quantitative estimate of drug-likeness (QED) is 0.607. The minimum absolute atomic E-state index is 0.248. The molecule has 0 aromatic rings. The molecule has 0 heterocycles. The molecule has 0 radical (unpaired) electrons. The summed E-state index contributed by atoms with van der Waals surface area (Å²) in [5, 5.41) is 8.45. The van der Waals surface area contributed by atoms with Crippen molar-refractivity contribution in [1.29, 1.82) is 0 Å². The zero-order valence-corrected chi connectivity index (χ0v) is 6.13. The van der Waals surface area contributed by atoms with Crippen molar-refractivity contribution in [2.75, 3.05) is 0 Å². The first kappa shape index (κ1) is 7.54. The van der Waals surface area contributed by atoms with E-state index in [0.717, 1.165) is 12.8 Å². The van der Waals surface area contributed by atoms with Crippen molar-refractivity contribution >= 4 is 5.97 Å². The third-order valence-corrected chi connectivity index (χ3v) is 2.13. The van der Waals surface area contributed by atoms with E-state index in [0.29, 0.717) is 6.42 Å². The Kier molecular flexibility index (Phi) is 1.68. The number of rotatable bonds is 3. The van der Waals surface area contributed by atoms with E-state index in [1.165, 1.54) is 0 Å². The molecule has 0 spiro atoms. The Morgan fingerprint density at radius 2 is 2.30 bits per heavy atom. The average molecular weight is 143 g/mol. The molecule has 0 aromatic heterocycles. The Hall–Kier alpha value is -0.570. The molecule has 1 rings (SSSR count). The second kappa shape index (κ2) is 2.23. The number of hydrogen-bond donors (Lipinski definition) is 2. The van der Waals surface area contributed by atoms with Gasteiger partial charge in [0.2, 0.25) is 0 Å². The number of nitrogens with two attached hydrogens (primary N) is 1. The minimum atomic E-state index is -0.881. The van der Waals surface area contributed by atoms with Crippen molar-refractivity contribution < 1.29 is 9.90 Å². The van der Waals surface area contributed by atoms with Crippen molar-refractivity contribution in [3.8, 4) is 0 Å². The Bertz CT molecular complexity index is 152. The zero-order chi connectivity index (χ0) is 7.78. The van der Waals surface area contributed by atoms with E-state index in [1.807, 2.05) is 0 Å². The van der Waals surface area contributed by atoms with Gasteiger partial charge in [0.05, 0.1) is 0 Å². The van der Waals surface area contributed by atoms with Crippen LogP contribution in [0.4, 0.5) is 0 Å². The predicted molar refractivity (Wildman–Crippen MR) is 37.6 cm³/mol. The van der Waals surface area contributed by atoms with Crippen molar-refractivity contribution in [3.63, 3.8) is 0 Å². The van der Waals surface area contributed by atoms with E-state index < -0.39 is 12.0 Å². The summed E-state index contributed by atoms with van der Waals surface area (Å²) in [6.45, 7) is 2.08. The van der Waals surface area contributed by atoms with Crippen LogP contribution in [0.5, 0.6) is 0 Å². The van der Waals surface area contributed by atoms with Crippen LogP contribution >= 0.6 is 0 Å². The summed E-state index contributed by atoms with van der Waals surface area (Å²) in [5.41, 5.74) is 5.59. The molecule has 3 heteroatoms. The van der Waals surface area contributed by atoms with Crippen molar-refractivity contribution in [2.24, 2.45) is 11.1 Å². The van der Waals surface area contributed by atoms with Crippen molar-refractivity contribution in [1.82, 2.24) is 0 Å². The van der Waals surface area contributed by atoms with Gasteiger partial charge in [0.15, 0.2) is 0 Å². The lowest BCUT2D eigenvalue weighted by Crippen LogP contribution is -2.32. The normalized spacial score (nSPS) is 23.8. The van der Waals surface area contributed by atoms with Crippen LogP contribution in [0.1, 0.15) is 26.2 Å². The Labute approximate surface area is 60.2 Å². The molecule has 1 aliphatic carbocycles. The SMILES string of the molecule is CC1(CC(N)C(=O)O)CC1. The zero-order valence-electron chi connectivity index (χ0n) is 6.13. The van der Waals surface area contributed by atoms with Gasteiger partial charge in [-0.15, -0.1) is 0 Å². The van der Waals surface area contributed by atoms with E-state index in [-0.39, 0.29) is 5.41 Å². The number of carboxylic acids is 1. The fraction of sp³-hybridized carbons (Fsp3) is 0.857. The van der Waals surface area contributed by atoms with Gasteiger partial charge in [0.1, 0.15) is 6.04 Å². The monoisotopic (exact) mass is 143 g/mol. The highest BCUT2D eigenvalue weighted by Crippen LogP contribution is 2.48. The molecule has 1 atom stereocenters. The molecule has 58 valence electrons. The predicted octanol–water partition coefficient (Wildman–Crippen LogP) is 0.588. The van der Waals surface area contributed by atoms with Crippen LogP contribution in [0.25, 0.3) is 0 Å². The fourth-order valence-electron chi connectivity index (χ4n) is 1.04. The maximum atomic E-state index is 10.3. The molecule has 10 heavy (non-hydrogen) atoms. The molecular weight excluding hydrogens is 130 g/mol. The van der Waals surface area contributed by atoms with Gasteiger partial charge in [0.25, 0.3) is 0 Å². The summed E-state index contributed by atoms with van der Waals surface area (Å²) < 4.78 is 0. The van der Waals surface area contributed by atoms with Crippen LogP contribution in [0.2, 0.25) is 0 Å². The minimum Gasteiger partial charge on any atom is -0.480 e. The van der Waals surface area contributed by atoms with Crippen molar-refractivity contribution in [3.05, 3.63) is 0 Å². The summed E-state index contributed by atoms with van der Waals surface area (Å²) >= 11 is 0. The summed E-state index contributed by atoms with van der Waals surface area (Å²) in [7, 11) is 0. The number of carboxylic acid groups (broad SMARTS) is 1. The van der Waals surface area contributed by atoms with E-state index in [1.54, 1.807) is 0 Å². The molecule has 3 nitrogen and oxygen atoms in total. The van der Waals surface area contributed by atoms with E-state index in [4.69, 9.17) is 10.8 Å². The maximum absolute atomic E-state index is 10.3. The first-order valence-electron chi connectivity index (χ1n) is 3.52. The molecule has 1 unspecified atom stereocenters. The number of aliphatic carboxylic acids is 1. The lowest BCUT2D eigenvalue weighted by Gasteiger charge is -2.10. The Morgan fingerprint density at radius 1 is 1.80 bits per heavy atom. The molecule has 0 saturated heterocycles. The molecule has 0 aliphatic heterocycles. The lowest BCUT2D eigenvalue weighted by atomic mass is 10.0. The fourth-order valence-corrected chi connectivity index (χ4v) is 1.04. The second-order valence-corrected chi connectivity index (χ2v) is 3.46. The highest BCUT2D eigenvalue weighted by atomic mass is 16.4. The topological polar surface area (TPSA) is 63.3 Å². The van der Waals surface area contributed by atoms with Gasteiger partial charge in [-0.25, -0.2) is 0 Å². The highest BCUT2D eigenvalue weighted by molar-refractivity contribution is 5.73. The van der Waals surface area contributed by atoms with Gasteiger partial charge in [-0.2, -0.15) is 0 Å². The van der Waals surface area contributed by atoms with Crippen molar-refractivity contribution in [2.45, 2.75) is 32.2 Å². The lowest BCUT2D eigenvalue weighted by molar-refractivity contribution is -0.139. The summed E-state index contributed by atoms with van der Waals surface area (Å²) in [6.07, 6.45) is 2.89. The van der Waals surface area contributed by atoms with Crippen LogP contribution in [0.3, 0.4) is 0 Å². The van der Waals surface area contributed by atoms with E-state index >= 15 is 0 Å². The van der Waals surface area contributed by atoms with Gasteiger partial charge < -0.3 is 10.8 Å². The maximum Gasteiger partial charge on any atom is 0.320 e. The molecule has 0 bridgehead atoms. The smallest absolute Gasteiger partial charge is 0.320 e. The number of hydrogen-bond acceptors (Lipinski definition) is 2. The van der Waals surface area contributed by atoms with Gasteiger partial charge in [-0.3, -0.25) is 4.79 Å². The Morgan fingerprint density at radius 3 is 2.60 bits per heavy atom. The summed E-state index contributed by atoms with van der Waals surface area (Å²) in [4.78, 5) is 10.3. The molecule has 0 aromatic carbocycles. The standard InChI is InChI=1S/C7H13NO2/c1-7(2-3-7)4-5(8)6(9)10/h5H,2-4,8H2,1H3,(H,9,10). The molecule has 1 saturated carbocycles. The van der Waals surface area contributed by atoms with Gasteiger partial charge >= 0.3 is 5.97 Å². The van der Waals surface area contributed by atoms with Crippen LogP contribution < -0.4 is 5.73 Å². The largest absolute Gasteiger partial charge is 0.480 e. The van der Waals surface area contributed by atoms with E-state index in [9.17, 15) is 4.79 Å². The van der Waals surface area contributed by atoms with Crippen LogP contribution in [-0.2, 0) is 4.79 Å². The van der Waals surface area contributed by atoms with Crippen LogP contribution in [0.15, 0.2) is 0 Å². The Balaban J connectivity index is 2.31. The van der Waals surface area contributed by atoms with Gasteiger partial charge in [-0.05, 0) is 24.7 Å².